The monoisotopic (exact) mass is 246 g/mol. The van der Waals surface area contributed by atoms with Gasteiger partial charge in [0.05, 0.1) is 13.7 Å². The van der Waals surface area contributed by atoms with Crippen LogP contribution in [0.4, 0.5) is 0 Å². The molecule has 2 aromatic rings. The van der Waals surface area contributed by atoms with Gasteiger partial charge in [0, 0.05) is 18.2 Å². The molecule has 0 aliphatic heterocycles. The molecule has 0 aliphatic carbocycles. The third-order valence-corrected chi connectivity index (χ3v) is 2.76. The van der Waals surface area contributed by atoms with Crippen molar-refractivity contribution in [1.82, 2.24) is 20.1 Å². The summed E-state index contributed by atoms with van der Waals surface area (Å²) >= 11 is 0. The summed E-state index contributed by atoms with van der Waals surface area (Å²) in [6, 6.07) is 8.34. The number of nitrogens with one attached hydrogen (secondary N) is 1. The molecule has 0 fully saturated rings. The SMILES string of the molecule is COc1ccccc1CNC(C)Cn1cncn1. The van der Waals surface area contributed by atoms with Crippen molar-refractivity contribution in [3.8, 4) is 5.75 Å². The summed E-state index contributed by atoms with van der Waals surface area (Å²) in [5.41, 5.74) is 1.16. The highest BCUT2D eigenvalue weighted by Gasteiger charge is 2.05. The number of ether oxygens (including phenoxy) is 1. The molecule has 0 bridgehead atoms. The topological polar surface area (TPSA) is 52.0 Å². The fraction of sp³-hybridized carbons (Fsp3) is 0.385. The molecule has 0 radical (unpaired) electrons. The van der Waals surface area contributed by atoms with Gasteiger partial charge in [0.2, 0.25) is 0 Å². The largest absolute Gasteiger partial charge is 0.496 e. The maximum absolute atomic E-state index is 5.32. The van der Waals surface area contributed by atoms with Crippen LogP contribution in [0.2, 0.25) is 0 Å². The van der Waals surface area contributed by atoms with Crippen molar-refractivity contribution < 1.29 is 4.74 Å². The van der Waals surface area contributed by atoms with Gasteiger partial charge in [-0.05, 0) is 13.0 Å². The van der Waals surface area contributed by atoms with E-state index in [1.54, 1.807) is 19.8 Å². The summed E-state index contributed by atoms with van der Waals surface area (Å²) in [6.07, 6.45) is 3.27. The van der Waals surface area contributed by atoms with E-state index in [1.165, 1.54) is 0 Å². The van der Waals surface area contributed by atoms with Crippen molar-refractivity contribution in [1.29, 1.82) is 0 Å². The zero-order valence-corrected chi connectivity index (χ0v) is 10.7. The number of benzene rings is 1. The van der Waals surface area contributed by atoms with Crippen LogP contribution in [0, 0.1) is 0 Å². The number of hydrogen-bond acceptors (Lipinski definition) is 4. The van der Waals surface area contributed by atoms with Crippen LogP contribution in [-0.4, -0.2) is 27.9 Å². The Morgan fingerprint density at radius 1 is 1.39 bits per heavy atom. The molecule has 1 aromatic heterocycles. The van der Waals surface area contributed by atoms with Crippen molar-refractivity contribution >= 4 is 0 Å². The van der Waals surface area contributed by atoms with Crippen LogP contribution in [-0.2, 0) is 13.1 Å². The van der Waals surface area contributed by atoms with E-state index in [0.29, 0.717) is 6.04 Å². The van der Waals surface area contributed by atoms with Gasteiger partial charge in [-0.25, -0.2) is 4.98 Å². The highest BCUT2D eigenvalue weighted by Crippen LogP contribution is 2.16. The van der Waals surface area contributed by atoms with Crippen LogP contribution in [0.25, 0.3) is 0 Å². The Morgan fingerprint density at radius 3 is 2.94 bits per heavy atom. The van der Waals surface area contributed by atoms with Crippen molar-refractivity contribution in [2.24, 2.45) is 0 Å². The maximum Gasteiger partial charge on any atom is 0.137 e. The zero-order chi connectivity index (χ0) is 12.8. The lowest BCUT2D eigenvalue weighted by molar-refractivity contribution is 0.401. The first-order valence-corrected chi connectivity index (χ1v) is 5.97. The minimum atomic E-state index is 0.316. The van der Waals surface area contributed by atoms with E-state index in [9.17, 15) is 0 Å². The standard InChI is InChI=1S/C13H18N4O/c1-11(8-17-10-14-9-16-17)15-7-12-5-3-4-6-13(12)18-2/h3-6,9-11,15H,7-8H2,1-2H3. The highest BCUT2D eigenvalue weighted by molar-refractivity contribution is 5.32. The molecule has 2 rings (SSSR count). The average molecular weight is 246 g/mol. The lowest BCUT2D eigenvalue weighted by Crippen LogP contribution is -2.30. The van der Waals surface area contributed by atoms with E-state index in [4.69, 9.17) is 4.74 Å². The normalized spacial score (nSPS) is 12.3. The van der Waals surface area contributed by atoms with Gasteiger partial charge in [0.15, 0.2) is 0 Å². The van der Waals surface area contributed by atoms with Gasteiger partial charge in [0.25, 0.3) is 0 Å². The number of methoxy groups -OCH3 is 1. The Labute approximate surface area is 107 Å². The number of rotatable bonds is 6. The second-order valence-corrected chi connectivity index (χ2v) is 4.21. The van der Waals surface area contributed by atoms with Gasteiger partial charge in [-0.1, -0.05) is 18.2 Å². The molecule has 0 saturated heterocycles. The van der Waals surface area contributed by atoms with Crippen LogP contribution in [0.1, 0.15) is 12.5 Å². The van der Waals surface area contributed by atoms with Gasteiger partial charge in [0.1, 0.15) is 18.4 Å². The van der Waals surface area contributed by atoms with Gasteiger partial charge >= 0.3 is 0 Å². The second kappa shape index (κ2) is 6.16. The Bertz CT molecular complexity index is 470. The molecule has 0 amide bonds. The van der Waals surface area contributed by atoms with E-state index >= 15 is 0 Å². The molecule has 18 heavy (non-hydrogen) atoms. The molecule has 5 heteroatoms. The van der Waals surface area contributed by atoms with Crippen LogP contribution >= 0.6 is 0 Å². The molecular formula is C13H18N4O. The Kier molecular flexibility index (Phi) is 4.30. The Morgan fingerprint density at radius 2 is 2.22 bits per heavy atom. The van der Waals surface area contributed by atoms with Crippen molar-refractivity contribution in [3.63, 3.8) is 0 Å². The molecule has 1 unspecified atom stereocenters. The first-order chi connectivity index (χ1) is 8.79. The summed E-state index contributed by atoms with van der Waals surface area (Å²) in [4.78, 5) is 3.92. The maximum atomic E-state index is 5.32. The molecule has 1 N–H and O–H groups in total. The summed E-state index contributed by atoms with van der Waals surface area (Å²) < 4.78 is 7.14. The highest BCUT2D eigenvalue weighted by atomic mass is 16.5. The quantitative estimate of drug-likeness (QED) is 0.838. The smallest absolute Gasteiger partial charge is 0.137 e. The first kappa shape index (κ1) is 12.6. The fourth-order valence-corrected chi connectivity index (χ4v) is 1.81. The van der Waals surface area contributed by atoms with E-state index in [1.807, 2.05) is 22.9 Å². The van der Waals surface area contributed by atoms with Crippen molar-refractivity contribution in [2.75, 3.05) is 7.11 Å². The van der Waals surface area contributed by atoms with Crippen LogP contribution < -0.4 is 10.1 Å². The molecule has 0 aliphatic rings. The van der Waals surface area contributed by atoms with Crippen LogP contribution in [0.3, 0.4) is 0 Å². The Balaban J connectivity index is 1.87. The van der Waals surface area contributed by atoms with E-state index in [2.05, 4.69) is 28.4 Å². The number of para-hydroxylation sites is 1. The van der Waals surface area contributed by atoms with Crippen LogP contribution in [0.15, 0.2) is 36.9 Å². The average Bonchev–Trinajstić information content (AvgIpc) is 2.89. The molecule has 0 spiro atoms. The van der Waals surface area contributed by atoms with Gasteiger partial charge in [-0.15, -0.1) is 0 Å². The van der Waals surface area contributed by atoms with Crippen molar-refractivity contribution in [3.05, 3.63) is 42.5 Å². The third kappa shape index (κ3) is 3.30. The molecule has 1 aromatic carbocycles. The molecule has 1 heterocycles. The van der Waals surface area contributed by atoms with Gasteiger partial charge < -0.3 is 10.1 Å². The summed E-state index contributed by atoms with van der Waals surface area (Å²) in [5, 5.41) is 7.53. The summed E-state index contributed by atoms with van der Waals surface area (Å²) in [7, 11) is 1.69. The summed E-state index contributed by atoms with van der Waals surface area (Å²) in [5.74, 6) is 0.915. The fourth-order valence-electron chi connectivity index (χ4n) is 1.81. The minimum Gasteiger partial charge on any atom is -0.496 e. The molecule has 5 nitrogen and oxygen atoms in total. The number of aromatic nitrogens is 3. The van der Waals surface area contributed by atoms with E-state index < -0.39 is 0 Å². The minimum absolute atomic E-state index is 0.316. The van der Waals surface area contributed by atoms with Gasteiger partial charge in [-0.2, -0.15) is 5.10 Å². The van der Waals surface area contributed by atoms with E-state index in [-0.39, 0.29) is 0 Å². The first-order valence-electron chi connectivity index (χ1n) is 5.97. The predicted molar refractivity (Wildman–Crippen MR) is 69.3 cm³/mol. The van der Waals surface area contributed by atoms with Gasteiger partial charge in [-0.3, -0.25) is 4.68 Å². The number of nitrogens with zero attached hydrogens (tertiary/aromatic N) is 3. The third-order valence-electron chi connectivity index (χ3n) is 2.76. The van der Waals surface area contributed by atoms with Crippen LogP contribution in [0.5, 0.6) is 5.75 Å². The zero-order valence-electron chi connectivity index (χ0n) is 10.7. The van der Waals surface area contributed by atoms with Crippen molar-refractivity contribution in [2.45, 2.75) is 26.1 Å². The summed E-state index contributed by atoms with van der Waals surface area (Å²) in [6.45, 7) is 3.70. The molecule has 0 saturated carbocycles. The molecule has 96 valence electrons. The number of hydrogen-bond donors (Lipinski definition) is 1. The molecule has 1 atom stereocenters. The second-order valence-electron chi connectivity index (χ2n) is 4.21. The molecular weight excluding hydrogens is 228 g/mol. The van der Waals surface area contributed by atoms with E-state index in [0.717, 1.165) is 24.4 Å². The lowest BCUT2D eigenvalue weighted by atomic mass is 10.2. The Hall–Kier alpha value is -1.88. The predicted octanol–water partition coefficient (Wildman–Crippen LogP) is 1.46. The lowest BCUT2D eigenvalue weighted by Gasteiger charge is -2.15.